The Bertz CT molecular complexity index is 802. The fourth-order valence-corrected chi connectivity index (χ4v) is 2.55. The van der Waals surface area contributed by atoms with E-state index in [4.69, 9.17) is 23.2 Å². The zero-order valence-corrected chi connectivity index (χ0v) is 15.4. The number of carbonyl (C=O) groups is 2. The van der Waals surface area contributed by atoms with Crippen LogP contribution in [-0.4, -0.2) is 30.8 Å². The predicted octanol–water partition coefficient (Wildman–Crippen LogP) is 4.02. The molecule has 0 unspecified atom stereocenters. The molecule has 4 nitrogen and oxygen atoms in total. The van der Waals surface area contributed by atoms with Crippen LogP contribution in [0.25, 0.3) is 6.08 Å². The van der Waals surface area contributed by atoms with Gasteiger partial charge in [0.05, 0.1) is 0 Å². The van der Waals surface area contributed by atoms with Gasteiger partial charge in [-0.3, -0.25) is 9.59 Å². The molecule has 130 valence electrons. The van der Waals surface area contributed by atoms with Crippen LogP contribution in [0.5, 0.6) is 0 Å². The van der Waals surface area contributed by atoms with Gasteiger partial charge < -0.3 is 10.2 Å². The Morgan fingerprint density at radius 3 is 2.44 bits per heavy atom. The van der Waals surface area contributed by atoms with Crippen molar-refractivity contribution in [3.8, 4) is 0 Å². The lowest BCUT2D eigenvalue weighted by Crippen LogP contribution is -2.24. The highest BCUT2D eigenvalue weighted by Crippen LogP contribution is 2.21. The first-order valence-corrected chi connectivity index (χ1v) is 8.35. The molecule has 2 rings (SSSR count). The van der Waals surface area contributed by atoms with Crippen molar-refractivity contribution >= 4 is 41.1 Å². The number of likely N-dealkylation sites (N-methyl/N-ethyl adjacent to an activating group) is 1. The molecule has 25 heavy (non-hydrogen) atoms. The molecule has 0 atom stereocenters. The molecule has 0 fully saturated rings. The second kappa shape index (κ2) is 8.70. The second-order valence-electron chi connectivity index (χ2n) is 5.47. The molecule has 1 N–H and O–H groups in total. The SMILES string of the molecule is CNC(=O)c1ccc(CN(C)C(=O)/C=C/c2cc(Cl)ccc2Cl)cc1. The second-order valence-corrected chi connectivity index (χ2v) is 6.31. The first-order valence-electron chi connectivity index (χ1n) is 7.60. The van der Waals surface area contributed by atoms with E-state index in [0.717, 1.165) is 5.56 Å². The molecule has 0 spiro atoms. The van der Waals surface area contributed by atoms with Gasteiger partial charge in [-0.15, -0.1) is 0 Å². The number of amides is 2. The van der Waals surface area contributed by atoms with Gasteiger partial charge in [-0.2, -0.15) is 0 Å². The summed E-state index contributed by atoms with van der Waals surface area (Å²) in [6.07, 6.45) is 3.10. The summed E-state index contributed by atoms with van der Waals surface area (Å²) >= 11 is 12.0. The molecule has 0 heterocycles. The van der Waals surface area contributed by atoms with Gasteiger partial charge in [0, 0.05) is 42.3 Å². The first kappa shape index (κ1) is 19.0. The normalized spacial score (nSPS) is 10.7. The minimum Gasteiger partial charge on any atom is -0.355 e. The smallest absolute Gasteiger partial charge is 0.251 e. The van der Waals surface area contributed by atoms with E-state index in [0.29, 0.717) is 27.7 Å². The van der Waals surface area contributed by atoms with Crippen molar-refractivity contribution in [2.75, 3.05) is 14.1 Å². The quantitative estimate of drug-likeness (QED) is 0.800. The maximum absolute atomic E-state index is 12.2. The zero-order valence-electron chi connectivity index (χ0n) is 13.9. The van der Waals surface area contributed by atoms with E-state index in [1.165, 1.54) is 6.08 Å². The molecule has 2 aromatic carbocycles. The molecule has 2 amide bonds. The number of nitrogens with zero attached hydrogens (tertiary/aromatic N) is 1. The molecular formula is C19H18Cl2N2O2. The summed E-state index contributed by atoms with van der Waals surface area (Å²) in [6.45, 7) is 0.431. The predicted molar refractivity (Wildman–Crippen MR) is 102 cm³/mol. The number of hydrogen-bond acceptors (Lipinski definition) is 2. The molecule has 0 aliphatic carbocycles. The van der Waals surface area contributed by atoms with E-state index < -0.39 is 0 Å². The van der Waals surface area contributed by atoms with Crippen LogP contribution in [0.15, 0.2) is 48.5 Å². The Morgan fingerprint density at radius 2 is 1.80 bits per heavy atom. The van der Waals surface area contributed by atoms with Gasteiger partial charge in [-0.1, -0.05) is 35.3 Å². The summed E-state index contributed by atoms with van der Waals surface area (Å²) in [6, 6.07) is 12.2. The van der Waals surface area contributed by atoms with E-state index in [1.54, 1.807) is 55.4 Å². The Morgan fingerprint density at radius 1 is 1.12 bits per heavy atom. The number of rotatable bonds is 5. The number of benzene rings is 2. The van der Waals surface area contributed by atoms with E-state index in [1.807, 2.05) is 12.1 Å². The highest BCUT2D eigenvalue weighted by Gasteiger charge is 2.08. The third-order valence-corrected chi connectivity index (χ3v) is 4.18. The molecule has 0 bridgehead atoms. The van der Waals surface area contributed by atoms with Crippen molar-refractivity contribution in [2.24, 2.45) is 0 Å². The van der Waals surface area contributed by atoms with Crippen molar-refractivity contribution in [1.29, 1.82) is 0 Å². The Labute approximate surface area is 157 Å². The highest BCUT2D eigenvalue weighted by molar-refractivity contribution is 6.34. The van der Waals surface area contributed by atoms with Crippen molar-refractivity contribution in [1.82, 2.24) is 10.2 Å². The van der Waals surface area contributed by atoms with Crippen LogP contribution in [0, 0.1) is 0 Å². The van der Waals surface area contributed by atoms with Gasteiger partial charge in [-0.05, 0) is 47.5 Å². The van der Waals surface area contributed by atoms with Crippen LogP contribution >= 0.6 is 23.2 Å². The Kier molecular flexibility index (Phi) is 6.62. The molecule has 0 aliphatic rings. The lowest BCUT2D eigenvalue weighted by molar-refractivity contribution is -0.125. The van der Waals surface area contributed by atoms with E-state index in [2.05, 4.69) is 5.32 Å². The van der Waals surface area contributed by atoms with E-state index >= 15 is 0 Å². The molecule has 0 aromatic heterocycles. The van der Waals surface area contributed by atoms with Crippen LogP contribution in [0.4, 0.5) is 0 Å². The largest absolute Gasteiger partial charge is 0.355 e. The number of halogens is 2. The van der Waals surface area contributed by atoms with Gasteiger partial charge in [0.2, 0.25) is 5.91 Å². The molecule has 0 aliphatic heterocycles. The van der Waals surface area contributed by atoms with Gasteiger partial charge in [0.15, 0.2) is 0 Å². The molecule has 6 heteroatoms. The van der Waals surface area contributed by atoms with Crippen LogP contribution in [0.3, 0.4) is 0 Å². The fraction of sp³-hybridized carbons (Fsp3) is 0.158. The first-order chi connectivity index (χ1) is 11.9. The Hall–Kier alpha value is -2.30. The fourth-order valence-electron chi connectivity index (χ4n) is 2.19. The summed E-state index contributed by atoms with van der Waals surface area (Å²) in [7, 11) is 3.29. The average Bonchev–Trinajstić information content (AvgIpc) is 2.62. The van der Waals surface area contributed by atoms with Crippen molar-refractivity contribution < 1.29 is 9.59 Å². The average molecular weight is 377 g/mol. The summed E-state index contributed by atoms with van der Waals surface area (Å²) < 4.78 is 0. The molecule has 0 radical (unpaired) electrons. The lowest BCUT2D eigenvalue weighted by atomic mass is 10.1. The highest BCUT2D eigenvalue weighted by atomic mass is 35.5. The maximum atomic E-state index is 12.2. The van der Waals surface area contributed by atoms with E-state index in [-0.39, 0.29) is 11.8 Å². The molecular weight excluding hydrogens is 359 g/mol. The van der Waals surface area contributed by atoms with Gasteiger partial charge >= 0.3 is 0 Å². The van der Waals surface area contributed by atoms with Crippen LogP contribution in [-0.2, 0) is 11.3 Å². The molecule has 2 aromatic rings. The topological polar surface area (TPSA) is 49.4 Å². The minimum atomic E-state index is -0.161. The summed E-state index contributed by atoms with van der Waals surface area (Å²) in [5.74, 6) is -0.302. The molecule has 0 saturated carbocycles. The number of nitrogens with one attached hydrogen (secondary N) is 1. The lowest BCUT2D eigenvalue weighted by Gasteiger charge is -2.15. The van der Waals surface area contributed by atoms with Crippen molar-refractivity contribution in [3.05, 3.63) is 75.3 Å². The number of hydrogen-bond donors (Lipinski definition) is 1. The van der Waals surface area contributed by atoms with Gasteiger partial charge in [0.25, 0.3) is 5.91 Å². The third kappa shape index (κ3) is 5.34. The van der Waals surface area contributed by atoms with Crippen molar-refractivity contribution in [2.45, 2.75) is 6.54 Å². The minimum absolute atomic E-state index is 0.141. The summed E-state index contributed by atoms with van der Waals surface area (Å²) in [4.78, 5) is 25.3. The molecule has 0 saturated heterocycles. The number of carbonyl (C=O) groups excluding carboxylic acids is 2. The van der Waals surface area contributed by atoms with Gasteiger partial charge in [0.1, 0.15) is 0 Å². The van der Waals surface area contributed by atoms with E-state index in [9.17, 15) is 9.59 Å². The Balaban J connectivity index is 2.01. The summed E-state index contributed by atoms with van der Waals surface area (Å²) in [5.41, 5.74) is 2.19. The van der Waals surface area contributed by atoms with Crippen LogP contribution in [0.2, 0.25) is 10.0 Å². The standard InChI is InChI=1S/C19H18Cl2N2O2/c1-22-19(25)14-5-3-13(4-6-14)12-23(2)18(24)10-7-15-11-16(20)8-9-17(15)21/h3-11H,12H2,1-2H3,(H,22,25)/b10-7+. The maximum Gasteiger partial charge on any atom is 0.251 e. The zero-order chi connectivity index (χ0) is 18.4. The van der Waals surface area contributed by atoms with Crippen LogP contribution < -0.4 is 5.32 Å². The monoisotopic (exact) mass is 376 g/mol. The van der Waals surface area contributed by atoms with Gasteiger partial charge in [-0.25, -0.2) is 0 Å². The van der Waals surface area contributed by atoms with Crippen molar-refractivity contribution in [3.63, 3.8) is 0 Å². The summed E-state index contributed by atoms with van der Waals surface area (Å²) in [5, 5.41) is 3.65. The third-order valence-electron chi connectivity index (χ3n) is 3.60. The van der Waals surface area contributed by atoms with Crippen LogP contribution in [0.1, 0.15) is 21.5 Å².